The molecule has 7 heteroatoms. The van der Waals surface area contributed by atoms with Crippen LogP contribution in [0, 0.1) is 11.8 Å². The minimum absolute atomic E-state index is 0.0902. The summed E-state index contributed by atoms with van der Waals surface area (Å²) in [6.45, 7) is 4.74. The van der Waals surface area contributed by atoms with E-state index >= 15 is 0 Å². The number of nitrogens with one attached hydrogen (secondary N) is 1. The Kier molecular flexibility index (Phi) is 8.92. The first-order valence-corrected chi connectivity index (χ1v) is 12.3. The van der Waals surface area contributed by atoms with Gasteiger partial charge in [0.2, 0.25) is 5.91 Å². The predicted octanol–water partition coefficient (Wildman–Crippen LogP) is 6.15. The number of amides is 1. The van der Waals surface area contributed by atoms with Gasteiger partial charge in [0, 0.05) is 35.6 Å². The van der Waals surface area contributed by atoms with Gasteiger partial charge in [-0.1, -0.05) is 43.7 Å². The summed E-state index contributed by atoms with van der Waals surface area (Å²) < 4.78 is 15.0. The van der Waals surface area contributed by atoms with Gasteiger partial charge in [-0.05, 0) is 55.4 Å². The molecule has 1 aromatic rings. The fourth-order valence-corrected chi connectivity index (χ4v) is 5.03. The highest BCUT2D eigenvalue weighted by atomic mass is 35.5. The number of carbonyl (C=O) groups excluding carboxylic acids is 2. The average molecular weight is 481 g/mol. The molecule has 2 fully saturated rings. The van der Waals surface area contributed by atoms with Gasteiger partial charge in [-0.3, -0.25) is 9.69 Å². The van der Waals surface area contributed by atoms with Gasteiger partial charge < -0.3 is 10.1 Å². The van der Waals surface area contributed by atoms with Crippen LogP contribution < -0.4 is 5.32 Å². The largest absolute Gasteiger partial charge is 0.325 e. The van der Waals surface area contributed by atoms with E-state index in [1.807, 2.05) is 19.9 Å². The van der Waals surface area contributed by atoms with Crippen LogP contribution in [0.5, 0.6) is 0 Å². The van der Waals surface area contributed by atoms with E-state index in [-0.39, 0.29) is 23.7 Å². The van der Waals surface area contributed by atoms with Gasteiger partial charge in [0.25, 0.3) is 0 Å². The molecule has 0 spiro atoms. The Morgan fingerprint density at radius 2 is 2.06 bits per heavy atom. The zero-order valence-electron chi connectivity index (χ0n) is 18.6. The molecule has 4 atom stereocenters. The first-order chi connectivity index (χ1) is 15.5. The Morgan fingerprint density at radius 1 is 1.31 bits per heavy atom. The third-order valence-corrected chi connectivity index (χ3v) is 6.82. The van der Waals surface area contributed by atoms with E-state index in [0.717, 1.165) is 25.7 Å². The Morgan fingerprint density at radius 3 is 2.72 bits per heavy atom. The molecule has 1 saturated carbocycles. The summed E-state index contributed by atoms with van der Waals surface area (Å²) in [6, 6.07) is 6.31. The summed E-state index contributed by atoms with van der Waals surface area (Å²) in [7, 11) is 0. The topological polar surface area (TPSA) is 49.4 Å². The lowest BCUT2D eigenvalue weighted by molar-refractivity contribution is -0.122. The first-order valence-electron chi connectivity index (χ1n) is 11.4. The third-order valence-electron chi connectivity index (χ3n) is 6.22. The van der Waals surface area contributed by atoms with Crippen molar-refractivity contribution in [1.82, 2.24) is 4.90 Å². The first kappa shape index (κ1) is 24.9. The molecule has 1 aromatic carbocycles. The maximum Gasteiger partial charge on any atom is 0.242 e. The number of halogens is 3. The van der Waals surface area contributed by atoms with Gasteiger partial charge in [-0.2, -0.15) is 0 Å². The summed E-state index contributed by atoms with van der Waals surface area (Å²) in [5.41, 5.74) is 1.09. The second-order valence-electron chi connectivity index (χ2n) is 8.39. The molecule has 4 rings (SSSR count). The number of hydrogen-bond donors (Lipinski definition) is 1. The van der Waals surface area contributed by atoms with E-state index in [4.69, 9.17) is 23.2 Å². The van der Waals surface area contributed by atoms with E-state index in [9.17, 15) is 14.0 Å². The van der Waals surface area contributed by atoms with Crippen LogP contribution >= 0.6 is 23.2 Å². The van der Waals surface area contributed by atoms with Gasteiger partial charge >= 0.3 is 0 Å². The van der Waals surface area contributed by atoms with Gasteiger partial charge in [0.05, 0.1) is 11.4 Å². The van der Waals surface area contributed by atoms with Gasteiger partial charge in [-0.25, -0.2) is 4.39 Å². The molecule has 1 N–H and O–H groups in total. The Bertz CT molecular complexity index is 884. The van der Waals surface area contributed by atoms with Gasteiger partial charge in [-0.15, -0.1) is 11.6 Å². The number of aldehydes is 1. The molecule has 1 aliphatic heterocycles. The maximum atomic E-state index is 15.0. The highest BCUT2D eigenvalue weighted by Crippen LogP contribution is 2.43. The van der Waals surface area contributed by atoms with Crippen molar-refractivity contribution in [3.8, 4) is 0 Å². The Hall–Kier alpha value is -1.69. The number of nitrogens with zero attached hydrogens (tertiary/aromatic N) is 1. The molecule has 1 saturated heterocycles. The van der Waals surface area contributed by atoms with Crippen LogP contribution in [-0.4, -0.2) is 41.1 Å². The van der Waals surface area contributed by atoms with Crippen molar-refractivity contribution in [2.24, 2.45) is 11.8 Å². The SMILES string of the molecule is CC.O=CC[C@H]1CC(C2=C(F)C(Cl)CC=C2)C(C(=O)Nc2cccc(Cl)c2)N1CC1CC1. The number of benzene rings is 1. The van der Waals surface area contributed by atoms with Crippen molar-refractivity contribution in [2.45, 2.75) is 63.4 Å². The van der Waals surface area contributed by atoms with Gasteiger partial charge in [0.1, 0.15) is 12.1 Å². The standard InChI is InChI=1S/C23H25Cl2FN2O2.C2H6/c24-15-3-1-4-16(11-15)27-23(30)22-19(18-5-2-6-20(25)21(18)26)12-17(9-10-29)28(22)13-14-7-8-14;1-2/h1-5,10-11,14,17,19-20,22H,6-9,12-13H2,(H,27,30);1-2H3/t17-,19?,20?,22?;/m0./s1. The third kappa shape index (κ3) is 5.81. The second kappa shape index (κ2) is 11.4. The summed E-state index contributed by atoms with van der Waals surface area (Å²) in [6.07, 6.45) is 8.08. The van der Waals surface area contributed by atoms with Crippen molar-refractivity contribution >= 4 is 41.1 Å². The molecule has 0 aromatic heterocycles. The fraction of sp³-hybridized carbons (Fsp3) is 0.520. The van der Waals surface area contributed by atoms with E-state index < -0.39 is 11.4 Å². The highest BCUT2D eigenvalue weighted by Gasteiger charge is 2.48. The molecule has 0 bridgehead atoms. The van der Waals surface area contributed by atoms with Crippen molar-refractivity contribution in [1.29, 1.82) is 0 Å². The second-order valence-corrected chi connectivity index (χ2v) is 9.36. The number of hydrogen-bond acceptors (Lipinski definition) is 3. The average Bonchev–Trinajstić information content (AvgIpc) is 3.53. The van der Waals surface area contributed by atoms with E-state index in [1.165, 1.54) is 0 Å². The van der Waals surface area contributed by atoms with Crippen molar-refractivity contribution in [3.05, 3.63) is 52.8 Å². The summed E-state index contributed by atoms with van der Waals surface area (Å²) in [4.78, 5) is 26.9. The highest BCUT2D eigenvalue weighted by molar-refractivity contribution is 6.30. The number of alkyl halides is 1. The number of likely N-dealkylation sites (tertiary alicyclic amines) is 1. The van der Waals surface area contributed by atoms with Crippen molar-refractivity contribution in [2.75, 3.05) is 11.9 Å². The zero-order chi connectivity index (χ0) is 23.3. The molecule has 3 unspecified atom stereocenters. The summed E-state index contributed by atoms with van der Waals surface area (Å²) in [5, 5.41) is 2.77. The molecule has 1 amide bonds. The molecule has 0 radical (unpaired) electrons. The number of carbonyl (C=O) groups is 2. The summed E-state index contributed by atoms with van der Waals surface area (Å²) >= 11 is 12.2. The Labute approximate surface area is 199 Å². The van der Waals surface area contributed by atoms with Crippen molar-refractivity contribution < 1.29 is 14.0 Å². The zero-order valence-corrected chi connectivity index (χ0v) is 20.1. The Balaban J connectivity index is 0.00000141. The lowest BCUT2D eigenvalue weighted by Crippen LogP contribution is -2.47. The molecule has 32 heavy (non-hydrogen) atoms. The van der Waals surface area contributed by atoms with Crippen LogP contribution in [0.15, 0.2) is 47.8 Å². The summed E-state index contributed by atoms with van der Waals surface area (Å²) in [5.74, 6) is -0.392. The predicted molar refractivity (Wildman–Crippen MR) is 129 cm³/mol. The van der Waals surface area contributed by atoms with Crippen molar-refractivity contribution in [3.63, 3.8) is 0 Å². The number of anilines is 1. The van der Waals surface area contributed by atoms with Crippen LogP contribution in [0.1, 0.15) is 46.0 Å². The van der Waals surface area contributed by atoms with Gasteiger partial charge in [0.15, 0.2) is 0 Å². The molecule has 174 valence electrons. The van der Waals surface area contributed by atoms with Crippen LogP contribution in [-0.2, 0) is 9.59 Å². The monoisotopic (exact) mass is 480 g/mol. The minimum atomic E-state index is -0.705. The van der Waals surface area contributed by atoms with E-state index in [1.54, 1.807) is 30.3 Å². The van der Waals surface area contributed by atoms with Crippen LogP contribution in [0.25, 0.3) is 0 Å². The van der Waals surface area contributed by atoms with E-state index in [0.29, 0.717) is 41.5 Å². The van der Waals surface area contributed by atoms with Crippen LogP contribution in [0.4, 0.5) is 10.1 Å². The minimum Gasteiger partial charge on any atom is -0.325 e. The molecule has 4 nitrogen and oxygen atoms in total. The van der Waals surface area contributed by atoms with E-state index in [2.05, 4.69) is 10.2 Å². The number of allylic oxidation sites excluding steroid dienone is 3. The number of rotatable bonds is 7. The fourth-order valence-electron chi connectivity index (χ4n) is 4.61. The smallest absolute Gasteiger partial charge is 0.242 e. The molecule has 2 aliphatic carbocycles. The molecular weight excluding hydrogens is 450 g/mol. The van der Waals surface area contributed by atoms with Crippen LogP contribution in [0.2, 0.25) is 5.02 Å². The molecular formula is C25H31Cl2FN2O2. The normalized spacial score (nSPS) is 27.7. The lowest BCUT2D eigenvalue weighted by Gasteiger charge is -2.31. The molecule has 3 aliphatic rings. The van der Waals surface area contributed by atoms with Crippen LogP contribution in [0.3, 0.4) is 0 Å². The lowest BCUT2D eigenvalue weighted by atomic mass is 9.86. The molecule has 1 heterocycles. The quantitative estimate of drug-likeness (QED) is 0.375. The maximum absolute atomic E-state index is 15.0.